The molecule has 0 saturated carbocycles. The van der Waals surface area contributed by atoms with Crippen LogP contribution in [0, 0.1) is 0 Å². The van der Waals surface area contributed by atoms with Gasteiger partial charge in [-0.15, -0.1) is 11.3 Å². The fourth-order valence-electron chi connectivity index (χ4n) is 2.39. The normalized spacial score (nSPS) is 10.0. The molecule has 0 saturated heterocycles. The van der Waals surface area contributed by atoms with Crippen LogP contribution in [0.2, 0.25) is 0 Å². The van der Waals surface area contributed by atoms with Crippen molar-refractivity contribution in [3.63, 3.8) is 0 Å². The fraction of sp³-hybridized carbons (Fsp3) is 0.0500. The molecule has 8 heteroatoms. The number of hydrogen-bond donors (Lipinski definition) is 4. The molecule has 0 atom stereocenters. The first kappa shape index (κ1) is 19.1. The first-order valence-electron chi connectivity index (χ1n) is 8.41. The summed E-state index contributed by atoms with van der Waals surface area (Å²) in [5, 5.41) is 11.4. The van der Waals surface area contributed by atoms with Gasteiger partial charge in [0, 0.05) is 24.0 Å². The minimum absolute atomic E-state index is 0.189. The van der Waals surface area contributed by atoms with Crippen LogP contribution in [0.3, 0.4) is 0 Å². The van der Waals surface area contributed by atoms with Crippen LogP contribution >= 0.6 is 11.3 Å². The van der Waals surface area contributed by atoms with Gasteiger partial charge in [-0.2, -0.15) is 0 Å². The van der Waals surface area contributed by atoms with Crippen LogP contribution in [-0.4, -0.2) is 17.8 Å². The molecule has 0 spiro atoms. The fourth-order valence-corrected chi connectivity index (χ4v) is 3.19. The Morgan fingerprint density at radius 1 is 0.714 bits per heavy atom. The first-order chi connectivity index (χ1) is 13.5. The van der Waals surface area contributed by atoms with Gasteiger partial charge < -0.3 is 16.0 Å². The quantitative estimate of drug-likeness (QED) is 0.509. The van der Waals surface area contributed by atoms with Crippen molar-refractivity contribution in [3.8, 4) is 0 Å². The van der Waals surface area contributed by atoms with E-state index >= 15 is 0 Å². The molecule has 1 heterocycles. The third kappa shape index (κ3) is 5.42. The molecule has 0 aliphatic rings. The molecule has 0 unspecified atom stereocenters. The van der Waals surface area contributed by atoms with E-state index in [2.05, 4.69) is 21.3 Å². The van der Waals surface area contributed by atoms with Gasteiger partial charge in [-0.1, -0.05) is 24.3 Å². The van der Waals surface area contributed by atoms with Crippen molar-refractivity contribution in [2.45, 2.75) is 6.92 Å². The summed E-state index contributed by atoms with van der Waals surface area (Å²) in [5.74, 6) is -0.493. The summed E-state index contributed by atoms with van der Waals surface area (Å²) in [6.07, 6.45) is 0. The highest BCUT2D eigenvalue weighted by molar-refractivity contribution is 7.18. The molecule has 7 nitrogen and oxygen atoms in total. The lowest BCUT2D eigenvalue weighted by Gasteiger charge is -2.07. The molecule has 0 bridgehead atoms. The maximum absolute atomic E-state index is 12.4. The van der Waals surface area contributed by atoms with Gasteiger partial charge in [0.25, 0.3) is 5.91 Å². The molecule has 2 aromatic carbocycles. The zero-order chi connectivity index (χ0) is 19.9. The number of thiophene rings is 1. The number of carbonyl (C=O) groups is 3. The van der Waals surface area contributed by atoms with E-state index in [9.17, 15) is 14.4 Å². The monoisotopic (exact) mass is 394 g/mol. The molecular formula is C20H18N4O3S. The predicted molar refractivity (Wildman–Crippen MR) is 112 cm³/mol. The van der Waals surface area contributed by atoms with Crippen LogP contribution in [-0.2, 0) is 4.79 Å². The summed E-state index contributed by atoms with van der Waals surface area (Å²) in [6.45, 7) is 1.42. The van der Waals surface area contributed by atoms with E-state index in [1.165, 1.54) is 6.92 Å². The van der Waals surface area contributed by atoms with Crippen molar-refractivity contribution in [3.05, 3.63) is 71.6 Å². The minimum atomic E-state index is -0.386. The number of benzene rings is 2. The topological polar surface area (TPSA) is 99.3 Å². The summed E-state index contributed by atoms with van der Waals surface area (Å²) >= 11 is 1.16. The molecule has 142 valence electrons. The molecule has 0 radical (unpaired) electrons. The predicted octanol–water partition coefficient (Wildman–Crippen LogP) is 4.60. The van der Waals surface area contributed by atoms with Crippen molar-refractivity contribution in [2.24, 2.45) is 0 Å². The van der Waals surface area contributed by atoms with E-state index in [0.717, 1.165) is 11.3 Å². The SMILES string of the molecule is CC(=O)Nc1cccc(NC(=O)c2ccc(NC(=O)Nc3ccccc3)s2)c1. The largest absolute Gasteiger partial charge is 0.326 e. The van der Waals surface area contributed by atoms with Crippen molar-refractivity contribution in [1.82, 2.24) is 0 Å². The standard InChI is InChI=1S/C20H18N4O3S/c1-13(25)21-15-8-5-9-16(12-15)22-19(26)17-10-11-18(28-17)24-20(27)23-14-6-3-2-4-7-14/h2-12H,1H3,(H,21,25)(H,22,26)(H2,23,24,27). The van der Waals surface area contributed by atoms with Crippen LogP contribution in [0.4, 0.5) is 26.9 Å². The van der Waals surface area contributed by atoms with Crippen LogP contribution in [0.15, 0.2) is 66.7 Å². The van der Waals surface area contributed by atoms with Crippen molar-refractivity contribution in [1.29, 1.82) is 0 Å². The molecule has 4 amide bonds. The second-order valence-electron chi connectivity index (χ2n) is 5.83. The third-order valence-corrected chi connectivity index (χ3v) is 4.54. The second-order valence-corrected chi connectivity index (χ2v) is 6.91. The van der Waals surface area contributed by atoms with Gasteiger partial charge in [-0.05, 0) is 42.5 Å². The lowest BCUT2D eigenvalue weighted by molar-refractivity contribution is -0.114. The Bertz CT molecular complexity index is 1000. The molecular weight excluding hydrogens is 376 g/mol. The first-order valence-corrected chi connectivity index (χ1v) is 9.23. The Morgan fingerprint density at radius 2 is 1.39 bits per heavy atom. The van der Waals surface area contributed by atoms with E-state index < -0.39 is 0 Å². The number of rotatable bonds is 5. The van der Waals surface area contributed by atoms with E-state index in [1.54, 1.807) is 48.5 Å². The number of para-hydroxylation sites is 1. The third-order valence-electron chi connectivity index (χ3n) is 3.54. The van der Waals surface area contributed by atoms with Gasteiger partial charge in [-0.25, -0.2) is 4.79 Å². The van der Waals surface area contributed by atoms with Gasteiger partial charge in [0.1, 0.15) is 0 Å². The van der Waals surface area contributed by atoms with Gasteiger partial charge >= 0.3 is 6.03 Å². The van der Waals surface area contributed by atoms with Crippen molar-refractivity contribution < 1.29 is 14.4 Å². The van der Waals surface area contributed by atoms with Gasteiger partial charge in [0.2, 0.25) is 5.91 Å². The summed E-state index contributed by atoms with van der Waals surface area (Å²) in [4.78, 5) is 36.0. The second kappa shape index (κ2) is 8.83. The van der Waals surface area contributed by atoms with Crippen LogP contribution in [0.5, 0.6) is 0 Å². The zero-order valence-corrected chi connectivity index (χ0v) is 15.8. The Kier molecular flexibility index (Phi) is 6.03. The smallest absolute Gasteiger partial charge is 0.324 e. The molecule has 3 rings (SSSR count). The zero-order valence-electron chi connectivity index (χ0n) is 15.0. The number of carbonyl (C=O) groups excluding carboxylic acids is 3. The Labute approximate surface area is 165 Å². The Balaban J connectivity index is 1.59. The lowest BCUT2D eigenvalue weighted by atomic mass is 10.2. The Morgan fingerprint density at radius 3 is 2.11 bits per heavy atom. The molecule has 28 heavy (non-hydrogen) atoms. The molecule has 0 aliphatic carbocycles. The van der Waals surface area contributed by atoms with Crippen LogP contribution in [0.1, 0.15) is 16.6 Å². The average Bonchev–Trinajstić information content (AvgIpc) is 3.11. The highest BCUT2D eigenvalue weighted by Gasteiger charge is 2.12. The molecule has 0 aliphatic heterocycles. The average molecular weight is 394 g/mol. The van der Waals surface area contributed by atoms with Crippen molar-refractivity contribution in [2.75, 3.05) is 21.3 Å². The maximum Gasteiger partial charge on any atom is 0.324 e. The highest BCUT2D eigenvalue weighted by atomic mass is 32.1. The van der Waals surface area contributed by atoms with Gasteiger partial charge in [-0.3, -0.25) is 14.9 Å². The minimum Gasteiger partial charge on any atom is -0.326 e. The molecule has 4 N–H and O–H groups in total. The number of nitrogens with one attached hydrogen (secondary N) is 4. The van der Waals surface area contributed by atoms with Crippen LogP contribution < -0.4 is 21.3 Å². The van der Waals surface area contributed by atoms with E-state index in [4.69, 9.17) is 0 Å². The molecule has 3 aromatic rings. The number of urea groups is 1. The van der Waals surface area contributed by atoms with E-state index in [1.807, 2.05) is 18.2 Å². The summed E-state index contributed by atoms with van der Waals surface area (Å²) in [5.41, 5.74) is 1.82. The molecule has 0 fully saturated rings. The van der Waals surface area contributed by atoms with Gasteiger partial charge in [0.05, 0.1) is 9.88 Å². The highest BCUT2D eigenvalue weighted by Crippen LogP contribution is 2.24. The molecule has 1 aromatic heterocycles. The number of hydrogen-bond acceptors (Lipinski definition) is 4. The maximum atomic E-state index is 12.4. The summed E-state index contributed by atoms with van der Waals surface area (Å²) in [6, 6.07) is 18.8. The summed E-state index contributed by atoms with van der Waals surface area (Å²) in [7, 11) is 0. The van der Waals surface area contributed by atoms with Crippen molar-refractivity contribution >= 4 is 51.2 Å². The van der Waals surface area contributed by atoms with E-state index in [0.29, 0.717) is 26.9 Å². The number of anilines is 4. The van der Waals surface area contributed by atoms with Gasteiger partial charge in [0.15, 0.2) is 0 Å². The lowest BCUT2D eigenvalue weighted by Crippen LogP contribution is -2.18. The van der Waals surface area contributed by atoms with E-state index in [-0.39, 0.29) is 17.8 Å². The number of amides is 4. The Hall–Kier alpha value is -3.65. The van der Waals surface area contributed by atoms with Crippen LogP contribution in [0.25, 0.3) is 0 Å². The summed E-state index contributed by atoms with van der Waals surface area (Å²) < 4.78 is 0.